The Kier molecular flexibility index (Phi) is 11.0. The normalized spacial score (nSPS) is 18.9. The summed E-state index contributed by atoms with van der Waals surface area (Å²) in [6.45, 7) is 7.50. The van der Waals surface area contributed by atoms with Gasteiger partial charge in [0.1, 0.15) is 11.5 Å². The average molecular weight is 465 g/mol. The van der Waals surface area contributed by atoms with Gasteiger partial charge >= 0.3 is 5.97 Å². The molecule has 0 saturated heterocycles. The van der Waals surface area contributed by atoms with Crippen molar-refractivity contribution in [3.05, 3.63) is 59.7 Å². The maximum Gasteiger partial charge on any atom is 0.343 e. The van der Waals surface area contributed by atoms with E-state index in [1.54, 1.807) is 12.1 Å². The summed E-state index contributed by atoms with van der Waals surface area (Å²) in [6.07, 6.45) is 14.2. The first-order valence-electron chi connectivity index (χ1n) is 13.6. The van der Waals surface area contributed by atoms with E-state index in [0.717, 1.165) is 36.3 Å². The molecule has 1 saturated carbocycles. The molecule has 2 aromatic carbocycles. The summed E-state index contributed by atoms with van der Waals surface area (Å²) in [5.74, 6) is 3.64. The largest absolute Gasteiger partial charge is 0.494 e. The van der Waals surface area contributed by atoms with Gasteiger partial charge in [-0.15, -0.1) is 0 Å². The van der Waals surface area contributed by atoms with Gasteiger partial charge in [-0.1, -0.05) is 77.8 Å². The molecule has 3 nitrogen and oxygen atoms in total. The van der Waals surface area contributed by atoms with Crippen molar-refractivity contribution in [2.24, 2.45) is 17.8 Å². The van der Waals surface area contributed by atoms with Gasteiger partial charge in [0.2, 0.25) is 0 Å². The predicted molar refractivity (Wildman–Crippen MR) is 141 cm³/mol. The third kappa shape index (κ3) is 8.81. The highest BCUT2D eigenvalue weighted by Gasteiger charge is 2.20. The molecular formula is C31H44O3. The van der Waals surface area contributed by atoms with Crippen LogP contribution in [0.4, 0.5) is 0 Å². The summed E-state index contributed by atoms with van der Waals surface area (Å²) in [7, 11) is 0. The molecule has 186 valence electrons. The molecule has 0 heterocycles. The monoisotopic (exact) mass is 464 g/mol. The number of carbonyl (C=O) groups excluding carboxylic acids is 1. The van der Waals surface area contributed by atoms with E-state index in [4.69, 9.17) is 9.47 Å². The van der Waals surface area contributed by atoms with Crippen LogP contribution in [0.1, 0.15) is 101 Å². The molecule has 3 rings (SSSR count). The lowest BCUT2D eigenvalue weighted by Gasteiger charge is -2.28. The summed E-state index contributed by atoms with van der Waals surface area (Å²) in [4.78, 5) is 12.5. The van der Waals surface area contributed by atoms with Gasteiger partial charge in [-0.05, 0) is 85.4 Å². The molecule has 0 spiro atoms. The second kappa shape index (κ2) is 14.2. The number of benzene rings is 2. The van der Waals surface area contributed by atoms with Crippen molar-refractivity contribution < 1.29 is 14.3 Å². The second-order valence-electron chi connectivity index (χ2n) is 10.3. The number of hydrogen-bond acceptors (Lipinski definition) is 3. The van der Waals surface area contributed by atoms with Gasteiger partial charge < -0.3 is 9.47 Å². The highest BCUT2D eigenvalue weighted by atomic mass is 16.5. The third-order valence-electron chi connectivity index (χ3n) is 7.54. The van der Waals surface area contributed by atoms with E-state index >= 15 is 0 Å². The van der Waals surface area contributed by atoms with E-state index in [9.17, 15) is 4.79 Å². The van der Waals surface area contributed by atoms with Gasteiger partial charge in [0.05, 0.1) is 12.2 Å². The van der Waals surface area contributed by atoms with Crippen molar-refractivity contribution in [2.75, 3.05) is 6.61 Å². The molecule has 34 heavy (non-hydrogen) atoms. The van der Waals surface area contributed by atoms with Gasteiger partial charge in [-0.3, -0.25) is 0 Å². The quantitative estimate of drug-likeness (QED) is 0.169. The molecule has 2 aromatic rings. The van der Waals surface area contributed by atoms with Crippen LogP contribution in [0.25, 0.3) is 0 Å². The van der Waals surface area contributed by atoms with Crippen LogP contribution in [0.15, 0.2) is 48.5 Å². The van der Waals surface area contributed by atoms with Crippen molar-refractivity contribution in [2.45, 2.75) is 91.4 Å². The van der Waals surface area contributed by atoms with Crippen molar-refractivity contribution in [1.82, 2.24) is 0 Å². The summed E-state index contributed by atoms with van der Waals surface area (Å²) >= 11 is 0. The number of hydrogen-bond donors (Lipinski definition) is 0. The third-order valence-corrected chi connectivity index (χ3v) is 7.54. The summed E-state index contributed by atoms with van der Waals surface area (Å²) in [6, 6.07) is 15.3. The van der Waals surface area contributed by atoms with Crippen LogP contribution in [-0.4, -0.2) is 12.6 Å². The molecule has 0 unspecified atom stereocenters. The first kappa shape index (κ1) is 26.3. The second-order valence-corrected chi connectivity index (χ2v) is 10.3. The van der Waals surface area contributed by atoms with E-state index in [1.807, 2.05) is 24.3 Å². The average Bonchev–Trinajstić information content (AvgIpc) is 2.87. The molecule has 1 fully saturated rings. The number of aryl methyl sites for hydroxylation is 1. The van der Waals surface area contributed by atoms with Gasteiger partial charge in [0, 0.05) is 0 Å². The maximum atomic E-state index is 12.5. The zero-order chi connectivity index (χ0) is 24.2. The zero-order valence-corrected chi connectivity index (χ0v) is 21.6. The molecule has 1 aliphatic carbocycles. The van der Waals surface area contributed by atoms with Crippen LogP contribution in [0, 0.1) is 17.8 Å². The Morgan fingerprint density at radius 3 is 2.12 bits per heavy atom. The maximum absolute atomic E-state index is 12.5. The fourth-order valence-corrected chi connectivity index (χ4v) is 4.99. The van der Waals surface area contributed by atoms with Crippen LogP contribution in [0.3, 0.4) is 0 Å². The fraction of sp³-hybridized carbons (Fsp3) is 0.581. The van der Waals surface area contributed by atoms with E-state index in [-0.39, 0.29) is 5.97 Å². The minimum atomic E-state index is -0.333. The van der Waals surface area contributed by atoms with Crippen LogP contribution in [-0.2, 0) is 6.42 Å². The van der Waals surface area contributed by atoms with Gasteiger partial charge in [-0.25, -0.2) is 4.79 Å². The minimum Gasteiger partial charge on any atom is -0.494 e. The van der Waals surface area contributed by atoms with Crippen molar-refractivity contribution in [3.8, 4) is 11.5 Å². The SMILES string of the molecule is CCCC1CCC(CCc2ccc(OC(=O)c3ccc(OCCC[C@@H](C)CC)cc3)cc2)CC1. The van der Waals surface area contributed by atoms with Crippen LogP contribution >= 0.6 is 0 Å². The molecule has 0 aliphatic heterocycles. The van der Waals surface area contributed by atoms with E-state index < -0.39 is 0 Å². The standard InChI is InChI=1S/C31H44O3/c1-4-7-25-9-11-26(12-10-25)13-14-27-15-19-30(20-16-27)34-31(32)28-17-21-29(22-18-28)33-23-6-8-24(3)5-2/h15-22,24-26H,4-14,23H2,1-3H3/t24-,25?,26?/m0/s1. The Balaban J connectivity index is 1.38. The Hall–Kier alpha value is -2.29. The summed E-state index contributed by atoms with van der Waals surface area (Å²) in [5, 5.41) is 0. The number of ether oxygens (including phenoxy) is 2. The van der Waals surface area contributed by atoms with Gasteiger partial charge in [-0.2, -0.15) is 0 Å². The van der Waals surface area contributed by atoms with Crippen LogP contribution < -0.4 is 9.47 Å². The van der Waals surface area contributed by atoms with E-state index in [0.29, 0.717) is 17.9 Å². The molecule has 0 bridgehead atoms. The zero-order valence-electron chi connectivity index (χ0n) is 21.6. The summed E-state index contributed by atoms with van der Waals surface area (Å²) < 4.78 is 11.4. The van der Waals surface area contributed by atoms with Crippen LogP contribution in [0.5, 0.6) is 11.5 Å². The number of carbonyl (C=O) groups is 1. The lowest BCUT2D eigenvalue weighted by atomic mass is 9.78. The molecule has 1 aliphatic rings. The van der Waals surface area contributed by atoms with Crippen molar-refractivity contribution in [1.29, 1.82) is 0 Å². The fourth-order valence-electron chi connectivity index (χ4n) is 4.99. The topological polar surface area (TPSA) is 35.5 Å². The molecule has 0 amide bonds. The lowest BCUT2D eigenvalue weighted by molar-refractivity contribution is 0.0734. The summed E-state index contributed by atoms with van der Waals surface area (Å²) in [5.41, 5.74) is 1.86. The number of rotatable bonds is 13. The highest BCUT2D eigenvalue weighted by molar-refractivity contribution is 5.91. The molecule has 0 N–H and O–H groups in total. The van der Waals surface area contributed by atoms with E-state index in [1.165, 1.54) is 63.4 Å². The molecule has 0 radical (unpaired) electrons. The molecule has 0 aromatic heterocycles. The Morgan fingerprint density at radius 1 is 0.882 bits per heavy atom. The Labute approximate surface area is 207 Å². The molecule has 1 atom stereocenters. The predicted octanol–water partition coefficient (Wildman–Crippen LogP) is 8.65. The minimum absolute atomic E-state index is 0.333. The smallest absolute Gasteiger partial charge is 0.343 e. The van der Waals surface area contributed by atoms with Crippen LogP contribution in [0.2, 0.25) is 0 Å². The first-order chi connectivity index (χ1) is 16.6. The molecular weight excluding hydrogens is 420 g/mol. The number of esters is 1. The van der Waals surface area contributed by atoms with Crippen molar-refractivity contribution in [3.63, 3.8) is 0 Å². The van der Waals surface area contributed by atoms with Gasteiger partial charge in [0.15, 0.2) is 0 Å². The lowest BCUT2D eigenvalue weighted by Crippen LogP contribution is -2.15. The Bertz CT molecular complexity index is 832. The highest BCUT2D eigenvalue weighted by Crippen LogP contribution is 2.34. The van der Waals surface area contributed by atoms with Gasteiger partial charge in [0.25, 0.3) is 0 Å². The first-order valence-corrected chi connectivity index (χ1v) is 13.6. The molecule has 3 heteroatoms. The van der Waals surface area contributed by atoms with E-state index in [2.05, 4.69) is 32.9 Å². The Morgan fingerprint density at radius 2 is 1.50 bits per heavy atom. The van der Waals surface area contributed by atoms with Crippen molar-refractivity contribution >= 4 is 5.97 Å².